The van der Waals surface area contributed by atoms with Crippen LogP contribution in [0.2, 0.25) is 0 Å². The van der Waals surface area contributed by atoms with Crippen molar-refractivity contribution in [3.63, 3.8) is 0 Å². The predicted octanol–water partition coefficient (Wildman–Crippen LogP) is 1.07. The molecule has 0 amide bonds. The molecule has 0 bridgehead atoms. The Morgan fingerprint density at radius 3 is 2.68 bits per heavy atom. The van der Waals surface area contributed by atoms with Gasteiger partial charge in [0.2, 0.25) is 0 Å². The van der Waals surface area contributed by atoms with Crippen LogP contribution in [0.1, 0.15) is 26.7 Å². The van der Waals surface area contributed by atoms with Crippen LogP contribution in [0.25, 0.3) is 0 Å². The van der Waals surface area contributed by atoms with Gasteiger partial charge in [0, 0.05) is 49.3 Å². The van der Waals surface area contributed by atoms with Crippen LogP contribution in [0.5, 0.6) is 0 Å². The number of nitrogens with two attached hydrogens (primary N) is 1. The smallest absolute Gasteiger partial charge is 0.160 e. The summed E-state index contributed by atoms with van der Waals surface area (Å²) >= 11 is 0. The molecule has 3 unspecified atom stereocenters. The van der Waals surface area contributed by atoms with Gasteiger partial charge in [0.25, 0.3) is 0 Å². The third-order valence-corrected chi connectivity index (χ3v) is 4.53. The highest BCUT2D eigenvalue weighted by atomic mass is 16.3. The van der Waals surface area contributed by atoms with Crippen LogP contribution in [-0.2, 0) is 4.79 Å². The fraction of sp³-hybridized carbons (Fsp3) is 0.667. The van der Waals surface area contributed by atoms with Crippen LogP contribution in [0.4, 0.5) is 0 Å². The monoisotopic (exact) mass is 264 g/mol. The van der Waals surface area contributed by atoms with Crippen molar-refractivity contribution in [2.45, 2.75) is 32.7 Å². The van der Waals surface area contributed by atoms with Crippen molar-refractivity contribution in [3.8, 4) is 0 Å². The minimum Gasteiger partial charge on any atom is -0.396 e. The fourth-order valence-electron chi connectivity index (χ4n) is 3.02. The average Bonchev–Trinajstić information content (AvgIpc) is 2.73. The van der Waals surface area contributed by atoms with Gasteiger partial charge in [-0.05, 0) is 26.2 Å². The van der Waals surface area contributed by atoms with Gasteiger partial charge in [-0.2, -0.15) is 0 Å². The van der Waals surface area contributed by atoms with E-state index in [0.29, 0.717) is 6.42 Å². The van der Waals surface area contributed by atoms with Crippen molar-refractivity contribution >= 4 is 5.78 Å². The van der Waals surface area contributed by atoms with Gasteiger partial charge in [-0.1, -0.05) is 12.2 Å². The molecular weight excluding hydrogens is 240 g/mol. The Morgan fingerprint density at radius 1 is 1.47 bits per heavy atom. The average molecular weight is 264 g/mol. The lowest BCUT2D eigenvalue weighted by atomic mass is 9.82. The van der Waals surface area contributed by atoms with Gasteiger partial charge in [-0.3, -0.25) is 4.79 Å². The zero-order valence-corrected chi connectivity index (χ0v) is 11.9. The van der Waals surface area contributed by atoms with Gasteiger partial charge in [0.15, 0.2) is 5.78 Å². The number of carbonyl (C=O) groups is 1. The van der Waals surface area contributed by atoms with Gasteiger partial charge in [-0.25, -0.2) is 0 Å². The van der Waals surface area contributed by atoms with Crippen LogP contribution in [0.3, 0.4) is 0 Å². The molecule has 0 aromatic heterocycles. The van der Waals surface area contributed by atoms with Crippen molar-refractivity contribution in [2.75, 3.05) is 19.7 Å². The lowest BCUT2D eigenvalue weighted by Gasteiger charge is -2.32. The maximum atomic E-state index is 12.1. The second-order valence-electron chi connectivity index (χ2n) is 5.96. The van der Waals surface area contributed by atoms with Crippen LogP contribution < -0.4 is 5.73 Å². The largest absolute Gasteiger partial charge is 0.396 e. The first-order valence-corrected chi connectivity index (χ1v) is 6.93. The molecule has 0 aromatic rings. The lowest BCUT2D eigenvalue weighted by Crippen LogP contribution is -2.32. The number of aliphatic hydroxyl groups is 1. The Kier molecular flexibility index (Phi) is 4.11. The predicted molar refractivity (Wildman–Crippen MR) is 75.4 cm³/mol. The molecule has 1 aliphatic heterocycles. The van der Waals surface area contributed by atoms with Gasteiger partial charge in [0.1, 0.15) is 0 Å². The van der Waals surface area contributed by atoms with E-state index in [2.05, 4.69) is 11.5 Å². The summed E-state index contributed by atoms with van der Waals surface area (Å²) in [5.74, 6) is 0.575. The number of Topliss-reactive ketones (excluding diaryl/α,β-unsaturated/α-hetero) is 1. The quantitative estimate of drug-likeness (QED) is 0.748. The highest BCUT2D eigenvalue weighted by Crippen LogP contribution is 2.35. The van der Waals surface area contributed by atoms with E-state index in [-0.39, 0.29) is 30.3 Å². The summed E-state index contributed by atoms with van der Waals surface area (Å²) in [6.07, 6.45) is 1.45. The third kappa shape index (κ3) is 2.74. The Hall–Kier alpha value is -1.13. The Labute approximate surface area is 115 Å². The molecule has 1 aliphatic carbocycles. The summed E-state index contributed by atoms with van der Waals surface area (Å²) in [4.78, 5) is 14.3. The van der Waals surface area contributed by atoms with Crippen molar-refractivity contribution in [1.82, 2.24) is 4.90 Å². The molecule has 4 heteroatoms. The number of rotatable bonds is 3. The van der Waals surface area contributed by atoms with Gasteiger partial charge in [0.05, 0.1) is 0 Å². The van der Waals surface area contributed by atoms with Crippen LogP contribution in [-0.4, -0.2) is 41.5 Å². The molecule has 0 aromatic carbocycles. The van der Waals surface area contributed by atoms with Crippen molar-refractivity contribution in [1.29, 1.82) is 0 Å². The molecule has 2 aliphatic rings. The summed E-state index contributed by atoms with van der Waals surface area (Å²) < 4.78 is 0. The SMILES string of the molecule is C=C(C)C1CC(=O)C(C)=C(N2CC(N)C(CO)C2)C1. The van der Waals surface area contributed by atoms with E-state index in [0.717, 1.165) is 36.4 Å². The second kappa shape index (κ2) is 5.47. The molecule has 0 radical (unpaired) electrons. The van der Waals surface area contributed by atoms with Crippen molar-refractivity contribution in [3.05, 3.63) is 23.4 Å². The van der Waals surface area contributed by atoms with E-state index in [4.69, 9.17) is 5.73 Å². The summed E-state index contributed by atoms with van der Waals surface area (Å²) in [5.41, 5.74) is 9.08. The van der Waals surface area contributed by atoms with E-state index < -0.39 is 0 Å². The lowest BCUT2D eigenvalue weighted by molar-refractivity contribution is -0.116. The zero-order chi connectivity index (χ0) is 14.2. The maximum absolute atomic E-state index is 12.1. The van der Waals surface area contributed by atoms with Crippen LogP contribution in [0, 0.1) is 11.8 Å². The maximum Gasteiger partial charge on any atom is 0.160 e. The van der Waals surface area contributed by atoms with Crippen molar-refractivity contribution < 1.29 is 9.90 Å². The van der Waals surface area contributed by atoms with E-state index in [9.17, 15) is 9.90 Å². The van der Waals surface area contributed by atoms with E-state index in [1.807, 2.05) is 13.8 Å². The minimum absolute atomic E-state index is 0.00870. The second-order valence-corrected chi connectivity index (χ2v) is 5.96. The van der Waals surface area contributed by atoms with E-state index >= 15 is 0 Å². The third-order valence-electron chi connectivity index (χ3n) is 4.53. The number of likely N-dealkylation sites (tertiary alicyclic amines) is 1. The topological polar surface area (TPSA) is 66.6 Å². The first kappa shape index (κ1) is 14.3. The Morgan fingerprint density at radius 2 is 2.16 bits per heavy atom. The molecule has 4 nitrogen and oxygen atoms in total. The van der Waals surface area contributed by atoms with E-state index in [1.165, 1.54) is 0 Å². The molecule has 19 heavy (non-hydrogen) atoms. The van der Waals surface area contributed by atoms with Crippen molar-refractivity contribution in [2.24, 2.45) is 17.6 Å². The molecule has 0 spiro atoms. The number of hydrogen-bond donors (Lipinski definition) is 2. The fourth-order valence-corrected chi connectivity index (χ4v) is 3.02. The zero-order valence-electron chi connectivity index (χ0n) is 11.9. The highest BCUT2D eigenvalue weighted by Gasteiger charge is 2.35. The molecule has 0 saturated carbocycles. The molecular formula is C15H24N2O2. The minimum atomic E-state index is -0.00870. The number of aliphatic hydroxyl groups excluding tert-OH is 1. The first-order chi connectivity index (χ1) is 8.93. The summed E-state index contributed by atoms with van der Waals surface area (Å²) in [5, 5.41) is 9.31. The number of hydrogen-bond acceptors (Lipinski definition) is 4. The summed E-state index contributed by atoms with van der Waals surface area (Å²) in [6.45, 7) is 9.48. The Bertz CT molecular complexity index is 428. The molecule has 3 atom stereocenters. The standard InChI is InChI=1S/C15H24N2O2/c1-9(2)11-4-14(10(3)15(19)5-11)17-6-12(8-18)13(16)7-17/h11-13,18H,1,4-8,16H2,2-3H3. The number of carbonyl (C=O) groups excluding carboxylic acids is 1. The molecule has 2 rings (SSSR count). The van der Waals surface area contributed by atoms with Gasteiger partial charge < -0.3 is 15.7 Å². The first-order valence-electron chi connectivity index (χ1n) is 6.93. The van der Waals surface area contributed by atoms with Gasteiger partial charge >= 0.3 is 0 Å². The molecule has 1 fully saturated rings. The highest BCUT2D eigenvalue weighted by molar-refractivity contribution is 5.96. The number of nitrogens with zero attached hydrogens (tertiary/aromatic N) is 1. The van der Waals surface area contributed by atoms with E-state index in [1.54, 1.807) is 0 Å². The number of ketones is 1. The van der Waals surface area contributed by atoms with Crippen LogP contribution >= 0.6 is 0 Å². The van der Waals surface area contributed by atoms with Crippen LogP contribution in [0.15, 0.2) is 23.4 Å². The number of allylic oxidation sites excluding steroid dienone is 3. The summed E-state index contributed by atoms with van der Waals surface area (Å²) in [6, 6.07) is -0.00870. The molecule has 1 saturated heterocycles. The Balaban J connectivity index is 2.20. The van der Waals surface area contributed by atoms with Gasteiger partial charge in [-0.15, -0.1) is 0 Å². The molecule has 1 heterocycles. The summed E-state index contributed by atoms with van der Waals surface area (Å²) in [7, 11) is 0. The normalized spacial score (nSPS) is 32.1. The molecule has 106 valence electrons. The molecule has 3 N–H and O–H groups in total.